The second kappa shape index (κ2) is 4.28. The number of halogens is 1. The molecule has 0 fully saturated rings. The standard InChI is InChI=1S/C9H11FN2S/c1-3-13-8-5-6(11)4-7(10)9(8)12-2/h4-5H,2-3,11H2,1H3. The molecule has 0 aromatic heterocycles. The van der Waals surface area contributed by atoms with E-state index in [4.69, 9.17) is 5.73 Å². The molecule has 1 aromatic carbocycles. The predicted octanol–water partition coefficient (Wildman–Crippen LogP) is 2.85. The SMILES string of the molecule is C=Nc1c(F)cc(N)cc1SCC. The monoisotopic (exact) mass is 198 g/mol. The van der Waals surface area contributed by atoms with Crippen molar-refractivity contribution >= 4 is 29.9 Å². The van der Waals surface area contributed by atoms with Crippen LogP contribution in [0.15, 0.2) is 22.0 Å². The summed E-state index contributed by atoms with van der Waals surface area (Å²) in [5.74, 6) is 0.441. The van der Waals surface area contributed by atoms with Crippen LogP contribution in [0.2, 0.25) is 0 Å². The molecule has 0 radical (unpaired) electrons. The summed E-state index contributed by atoms with van der Waals surface area (Å²) in [7, 11) is 0. The molecule has 0 bridgehead atoms. The third kappa shape index (κ3) is 2.21. The van der Waals surface area contributed by atoms with Crippen LogP contribution in [0.3, 0.4) is 0 Å². The topological polar surface area (TPSA) is 38.4 Å². The number of rotatable bonds is 3. The summed E-state index contributed by atoms with van der Waals surface area (Å²) >= 11 is 1.50. The van der Waals surface area contributed by atoms with E-state index < -0.39 is 5.82 Å². The third-order valence-electron chi connectivity index (χ3n) is 1.51. The first-order valence-electron chi connectivity index (χ1n) is 3.87. The minimum absolute atomic E-state index is 0.293. The maximum absolute atomic E-state index is 13.2. The van der Waals surface area contributed by atoms with Crippen molar-refractivity contribution in [2.24, 2.45) is 4.99 Å². The molecular formula is C9H11FN2S. The molecule has 0 spiro atoms. The molecule has 13 heavy (non-hydrogen) atoms. The molecule has 0 amide bonds. The molecule has 0 atom stereocenters. The van der Waals surface area contributed by atoms with E-state index in [2.05, 4.69) is 11.7 Å². The number of hydrogen-bond acceptors (Lipinski definition) is 3. The lowest BCUT2D eigenvalue weighted by Crippen LogP contribution is -1.89. The number of thioether (sulfide) groups is 1. The van der Waals surface area contributed by atoms with E-state index >= 15 is 0 Å². The van der Waals surface area contributed by atoms with Crippen molar-refractivity contribution in [1.82, 2.24) is 0 Å². The molecule has 70 valence electrons. The second-order valence-electron chi connectivity index (χ2n) is 2.44. The molecular weight excluding hydrogens is 187 g/mol. The highest BCUT2D eigenvalue weighted by Gasteiger charge is 2.07. The van der Waals surface area contributed by atoms with E-state index in [1.807, 2.05) is 6.92 Å². The highest BCUT2D eigenvalue weighted by atomic mass is 32.2. The molecule has 0 saturated heterocycles. The number of benzene rings is 1. The van der Waals surface area contributed by atoms with Crippen LogP contribution in [-0.2, 0) is 0 Å². The van der Waals surface area contributed by atoms with E-state index in [1.54, 1.807) is 6.07 Å². The Morgan fingerprint density at radius 1 is 1.62 bits per heavy atom. The van der Waals surface area contributed by atoms with Gasteiger partial charge in [0.25, 0.3) is 0 Å². The average Bonchev–Trinajstić information content (AvgIpc) is 2.04. The lowest BCUT2D eigenvalue weighted by molar-refractivity contribution is 0.627. The van der Waals surface area contributed by atoms with Crippen molar-refractivity contribution < 1.29 is 4.39 Å². The highest BCUT2D eigenvalue weighted by Crippen LogP contribution is 2.33. The molecule has 0 aliphatic heterocycles. The van der Waals surface area contributed by atoms with Gasteiger partial charge in [-0.15, -0.1) is 11.8 Å². The van der Waals surface area contributed by atoms with Gasteiger partial charge in [-0.3, -0.25) is 4.99 Å². The Morgan fingerprint density at radius 3 is 2.85 bits per heavy atom. The molecule has 0 unspecified atom stereocenters. The van der Waals surface area contributed by atoms with E-state index in [-0.39, 0.29) is 0 Å². The maximum Gasteiger partial charge on any atom is 0.151 e. The fourth-order valence-electron chi connectivity index (χ4n) is 1.01. The van der Waals surface area contributed by atoms with Gasteiger partial charge in [0, 0.05) is 10.6 Å². The largest absolute Gasteiger partial charge is 0.399 e. The number of anilines is 1. The Morgan fingerprint density at radius 2 is 2.31 bits per heavy atom. The Labute approximate surface area is 81.1 Å². The first-order chi connectivity index (χ1) is 6.19. The van der Waals surface area contributed by atoms with E-state index in [9.17, 15) is 4.39 Å². The van der Waals surface area contributed by atoms with E-state index in [0.29, 0.717) is 11.4 Å². The third-order valence-corrected chi connectivity index (χ3v) is 2.42. The van der Waals surface area contributed by atoms with Crippen molar-refractivity contribution in [3.63, 3.8) is 0 Å². The lowest BCUT2D eigenvalue weighted by atomic mass is 10.3. The molecule has 0 aliphatic rings. The zero-order chi connectivity index (χ0) is 9.84. The quantitative estimate of drug-likeness (QED) is 0.460. The van der Waals surface area contributed by atoms with Crippen LogP contribution in [0.1, 0.15) is 6.92 Å². The highest BCUT2D eigenvalue weighted by molar-refractivity contribution is 7.99. The predicted molar refractivity (Wildman–Crippen MR) is 56.4 cm³/mol. The van der Waals surface area contributed by atoms with Crippen LogP contribution >= 0.6 is 11.8 Å². The summed E-state index contributed by atoms with van der Waals surface area (Å²) < 4.78 is 13.2. The first-order valence-corrected chi connectivity index (χ1v) is 4.86. The Hall–Kier alpha value is -1.03. The molecule has 4 heteroatoms. The van der Waals surface area contributed by atoms with Gasteiger partial charge in [0.2, 0.25) is 0 Å². The average molecular weight is 198 g/mol. The molecule has 0 heterocycles. The second-order valence-corrected chi connectivity index (χ2v) is 3.75. The van der Waals surface area contributed by atoms with E-state index in [0.717, 1.165) is 10.6 Å². The summed E-state index contributed by atoms with van der Waals surface area (Å²) in [5, 5.41) is 0. The zero-order valence-electron chi connectivity index (χ0n) is 7.38. The van der Waals surface area contributed by atoms with Crippen molar-refractivity contribution in [3.05, 3.63) is 17.9 Å². The summed E-state index contributed by atoms with van der Waals surface area (Å²) in [6.45, 7) is 5.30. The van der Waals surface area contributed by atoms with Crippen LogP contribution in [0.25, 0.3) is 0 Å². The molecule has 0 saturated carbocycles. The molecule has 1 aromatic rings. The van der Waals surface area contributed by atoms with E-state index in [1.165, 1.54) is 17.8 Å². The number of aliphatic imine (C=N–C) groups is 1. The van der Waals surface area contributed by atoms with Crippen LogP contribution in [0, 0.1) is 5.82 Å². The van der Waals surface area contributed by atoms with Gasteiger partial charge in [0.05, 0.1) is 0 Å². The summed E-state index contributed by atoms with van der Waals surface area (Å²) in [6, 6.07) is 2.96. The van der Waals surface area contributed by atoms with Crippen LogP contribution in [0.4, 0.5) is 15.8 Å². The van der Waals surface area contributed by atoms with Crippen molar-refractivity contribution in [2.45, 2.75) is 11.8 Å². The smallest absolute Gasteiger partial charge is 0.151 e. The Balaban J connectivity index is 3.20. The summed E-state index contributed by atoms with van der Waals surface area (Å²) in [4.78, 5) is 4.37. The van der Waals surface area contributed by atoms with Crippen molar-refractivity contribution in [1.29, 1.82) is 0 Å². The van der Waals surface area contributed by atoms with Gasteiger partial charge in [-0.2, -0.15) is 0 Å². The number of nitrogens with zero attached hydrogens (tertiary/aromatic N) is 1. The molecule has 1 rings (SSSR count). The normalized spacial score (nSPS) is 10.0. The molecule has 2 nitrogen and oxygen atoms in total. The fourth-order valence-corrected chi connectivity index (χ4v) is 1.84. The van der Waals surface area contributed by atoms with Gasteiger partial charge in [0.1, 0.15) is 5.69 Å². The summed E-state index contributed by atoms with van der Waals surface area (Å²) in [6.07, 6.45) is 0. The number of nitrogens with two attached hydrogens (primary N) is 1. The maximum atomic E-state index is 13.2. The van der Waals surface area contributed by atoms with Gasteiger partial charge in [-0.05, 0) is 24.6 Å². The molecule has 2 N–H and O–H groups in total. The number of nitrogen functional groups attached to an aromatic ring is 1. The van der Waals surface area contributed by atoms with Crippen molar-refractivity contribution in [2.75, 3.05) is 11.5 Å². The molecule has 0 aliphatic carbocycles. The Bertz CT molecular complexity index is 326. The van der Waals surface area contributed by atoms with Gasteiger partial charge < -0.3 is 5.73 Å². The lowest BCUT2D eigenvalue weighted by Gasteiger charge is -2.05. The fraction of sp³-hybridized carbons (Fsp3) is 0.222. The van der Waals surface area contributed by atoms with Gasteiger partial charge in [-0.1, -0.05) is 6.92 Å². The minimum Gasteiger partial charge on any atom is -0.399 e. The number of hydrogen-bond donors (Lipinski definition) is 1. The van der Waals surface area contributed by atoms with Crippen LogP contribution < -0.4 is 5.73 Å². The zero-order valence-corrected chi connectivity index (χ0v) is 8.20. The van der Waals surface area contributed by atoms with Gasteiger partial charge >= 0.3 is 0 Å². The van der Waals surface area contributed by atoms with Gasteiger partial charge in [-0.25, -0.2) is 4.39 Å². The Kier molecular flexibility index (Phi) is 3.31. The van der Waals surface area contributed by atoms with Crippen LogP contribution in [0.5, 0.6) is 0 Å². The first kappa shape index (κ1) is 10.1. The van der Waals surface area contributed by atoms with Crippen molar-refractivity contribution in [3.8, 4) is 0 Å². The van der Waals surface area contributed by atoms with Gasteiger partial charge in [0.15, 0.2) is 5.82 Å². The van der Waals surface area contributed by atoms with Crippen LogP contribution in [-0.4, -0.2) is 12.5 Å². The summed E-state index contributed by atoms with van der Waals surface area (Å²) in [5.41, 5.74) is 6.21. The minimum atomic E-state index is -0.411.